The topological polar surface area (TPSA) is 206 Å². The van der Waals surface area contributed by atoms with Gasteiger partial charge in [0, 0.05) is 40.1 Å². The lowest BCUT2D eigenvalue weighted by Crippen LogP contribution is -2.07. The average molecular weight is 757 g/mol. The third kappa shape index (κ3) is 7.17. The number of nitro groups is 1. The van der Waals surface area contributed by atoms with Gasteiger partial charge in [0.15, 0.2) is 0 Å². The number of nitrogen functional groups attached to an aromatic ring is 2. The van der Waals surface area contributed by atoms with Crippen LogP contribution in [0.4, 0.5) is 40.3 Å². The number of hydrogen-bond acceptors (Lipinski definition) is 12. The molecule has 0 fully saturated rings. The Hall–Kier alpha value is -6.94. The summed E-state index contributed by atoms with van der Waals surface area (Å²) < 4.78 is 4.74. The molecule has 8 rings (SSSR count). The van der Waals surface area contributed by atoms with E-state index in [1.165, 1.54) is 12.1 Å². The van der Waals surface area contributed by atoms with Crippen molar-refractivity contribution in [3.8, 4) is 11.9 Å². The quantitative estimate of drug-likeness (QED) is 0.0918. The Labute approximate surface area is 304 Å². The van der Waals surface area contributed by atoms with Crippen LogP contribution in [0.25, 0.3) is 34.0 Å². The van der Waals surface area contributed by atoms with Crippen molar-refractivity contribution in [2.45, 2.75) is 13.8 Å². The summed E-state index contributed by atoms with van der Waals surface area (Å²) in [6, 6.07) is 32.8. The molecular weight excluding hydrogens is 726 g/mol. The number of nitrogens with one attached hydrogen (secondary N) is 2. The molecule has 0 atom stereocenters. The van der Waals surface area contributed by atoms with E-state index in [-0.39, 0.29) is 5.69 Å². The molecule has 258 valence electrons. The molecule has 4 aromatic carbocycles. The third-order valence-electron chi connectivity index (χ3n) is 7.79. The van der Waals surface area contributed by atoms with Gasteiger partial charge in [-0.2, -0.15) is 19.9 Å². The van der Waals surface area contributed by atoms with Gasteiger partial charge in [0.25, 0.3) is 5.69 Å². The largest absolute Gasteiger partial charge is 0.383 e. The predicted molar refractivity (Wildman–Crippen MR) is 205 cm³/mol. The van der Waals surface area contributed by atoms with Crippen LogP contribution in [0.15, 0.2) is 114 Å². The number of halogens is 1. The summed E-state index contributed by atoms with van der Waals surface area (Å²) in [6.07, 6.45) is 0. The van der Waals surface area contributed by atoms with E-state index < -0.39 is 4.92 Å². The third-order valence-corrected chi connectivity index (χ3v) is 8.32. The molecule has 0 spiro atoms. The lowest BCUT2D eigenvalue weighted by molar-refractivity contribution is -0.384. The van der Waals surface area contributed by atoms with E-state index in [2.05, 4.69) is 56.5 Å². The number of benzene rings is 4. The van der Waals surface area contributed by atoms with Crippen molar-refractivity contribution in [2.75, 3.05) is 22.1 Å². The minimum Gasteiger partial charge on any atom is -0.383 e. The van der Waals surface area contributed by atoms with Gasteiger partial charge < -0.3 is 22.1 Å². The van der Waals surface area contributed by atoms with Crippen molar-refractivity contribution >= 4 is 78.3 Å². The van der Waals surface area contributed by atoms with Crippen LogP contribution >= 0.6 is 15.9 Å². The fraction of sp³-hybridized carbons (Fsp3) is 0.0556. The van der Waals surface area contributed by atoms with Crippen LogP contribution in [0, 0.1) is 24.0 Å². The molecule has 16 heteroatoms. The fourth-order valence-corrected chi connectivity index (χ4v) is 5.79. The van der Waals surface area contributed by atoms with Gasteiger partial charge in [0.1, 0.15) is 34.9 Å². The van der Waals surface area contributed by atoms with Crippen LogP contribution in [0.3, 0.4) is 0 Å². The zero-order valence-corrected chi connectivity index (χ0v) is 29.4. The van der Waals surface area contributed by atoms with Gasteiger partial charge in [-0.3, -0.25) is 19.2 Å². The van der Waals surface area contributed by atoms with Gasteiger partial charge in [-0.25, -0.2) is 9.97 Å². The first-order chi connectivity index (χ1) is 25.1. The number of rotatable bonds is 7. The van der Waals surface area contributed by atoms with Gasteiger partial charge in [-0.1, -0.05) is 40.2 Å². The SMILES string of the molecule is Cc1nc2ccccc2n1-c1nc(N)cc(Nc2ccc(Br)cc2)n1.Cc1nc2ccccc2n1-c1nc(N)cc(Nc2ccc([N+](=O)[O-])cc2)n1. The number of nitro benzene ring substituents is 1. The van der Waals surface area contributed by atoms with Gasteiger partial charge in [-0.15, -0.1) is 0 Å². The Kier molecular flexibility index (Phi) is 9.11. The van der Waals surface area contributed by atoms with E-state index in [1.807, 2.05) is 95.8 Å². The van der Waals surface area contributed by atoms with Crippen LogP contribution in [0.2, 0.25) is 0 Å². The molecule has 0 unspecified atom stereocenters. The van der Waals surface area contributed by atoms with Gasteiger partial charge in [0.2, 0.25) is 11.9 Å². The molecule has 0 radical (unpaired) electrons. The van der Waals surface area contributed by atoms with Crippen LogP contribution in [0.5, 0.6) is 0 Å². The summed E-state index contributed by atoms with van der Waals surface area (Å²) in [5.74, 6) is 4.22. The molecule has 0 saturated heterocycles. The number of para-hydroxylation sites is 4. The standard InChI is InChI=1S/C18H15BrN6.C18H15N7O2/c1-11-21-14-4-2-3-5-15(14)25(11)18-23-16(20)10-17(24-18)22-13-8-6-12(19)7-9-13;1-11-20-14-4-2-3-5-15(14)24(11)18-22-16(19)10-17(23-18)21-12-6-8-13(9-7-12)25(26)27/h2-10H,1H3,(H3,20,22,23,24);2-10H,1H3,(H3,19,21,22,23). The average Bonchev–Trinajstić information content (AvgIpc) is 3.64. The molecular formula is C36H30BrN13O2. The molecule has 0 saturated carbocycles. The molecule has 15 nitrogen and oxygen atoms in total. The molecule has 8 aromatic rings. The number of aryl methyl sites for hydroxylation is 2. The van der Waals surface area contributed by atoms with Crippen LogP contribution in [-0.4, -0.2) is 44.0 Å². The van der Waals surface area contributed by atoms with Crippen molar-refractivity contribution in [1.29, 1.82) is 0 Å². The van der Waals surface area contributed by atoms with E-state index in [4.69, 9.17) is 11.5 Å². The number of imidazole rings is 2. The first-order valence-corrected chi connectivity index (χ1v) is 16.6. The normalized spacial score (nSPS) is 10.9. The fourth-order valence-electron chi connectivity index (χ4n) is 5.53. The minimum atomic E-state index is -0.447. The Morgan fingerprint density at radius 2 is 1.04 bits per heavy atom. The minimum absolute atomic E-state index is 0.0175. The van der Waals surface area contributed by atoms with Gasteiger partial charge in [0.05, 0.1) is 27.0 Å². The molecule has 0 aliphatic carbocycles. The van der Waals surface area contributed by atoms with Gasteiger partial charge in [-0.05, 0) is 74.5 Å². The lowest BCUT2D eigenvalue weighted by Gasteiger charge is -2.10. The summed E-state index contributed by atoms with van der Waals surface area (Å²) in [4.78, 5) is 37.3. The van der Waals surface area contributed by atoms with Crippen molar-refractivity contribution in [2.24, 2.45) is 0 Å². The number of nitrogens with two attached hydrogens (primary N) is 2. The Bertz CT molecular complexity index is 2570. The summed E-state index contributed by atoms with van der Waals surface area (Å²) in [5, 5.41) is 17.1. The number of anilines is 6. The highest BCUT2D eigenvalue weighted by molar-refractivity contribution is 9.10. The maximum Gasteiger partial charge on any atom is 0.269 e. The van der Waals surface area contributed by atoms with E-state index in [0.29, 0.717) is 40.9 Å². The first-order valence-electron chi connectivity index (χ1n) is 15.8. The van der Waals surface area contributed by atoms with Crippen molar-refractivity contribution < 1.29 is 4.92 Å². The number of non-ortho nitro benzene ring substituents is 1. The van der Waals surface area contributed by atoms with Crippen LogP contribution in [0.1, 0.15) is 11.6 Å². The van der Waals surface area contributed by atoms with Crippen molar-refractivity contribution in [3.05, 3.63) is 135 Å². The molecule has 0 aliphatic heterocycles. The molecule has 4 aromatic heterocycles. The summed E-state index contributed by atoms with van der Waals surface area (Å²) in [7, 11) is 0. The highest BCUT2D eigenvalue weighted by Crippen LogP contribution is 2.25. The summed E-state index contributed by atoms with van der Waals surface area (Å²) >= 11 is 3.43. The summed E-state index contributed by atoms with van der Waals surface area (Å²) in [6.45, 7) is 3.80. The number of aromatic nitrogens is 8. The zero-order chi connectivity index (χ0) is 36.4. The molecule has 0 aliphatic rings. The second-order valence-corrected chi connectivity index (χ2v) is 12.4. The zero-order valence-electron chi connectivity index (χ0n) is 27.8. The Morgan fingerprint density at radius 1 is 0.615 bits per heavy atom. The number of hydrogen-bond donors (Lipinski definition) is 4. The number of fused-ring (bicyclic) bond motifs is 2. The van der Waals surface area contributed by atoms with E-state index in [1.54, 1.807) is 24.3 Å². The first kappa shape index (κ1) is 33.6. The second-order valence-electron chi connectivity index (χ2n) is 11.5. The molecule has 4 heterocycles. The maximum absolute atomic E-state index is 10.8. The monoisotopic (exact) mass is 755 g/mol. The smallest absolute Gasteiger partial charge is 0.269 e. The highest BCUT2D eigenvalue weighted by Gasteiger charge is 2.15. The number of nitrogens with zero attached hydrogens (tertiary/aromatic N) is 9. The van der Waals surface area contributed by atoms with E-state index >= 15 is 0 Å². The molecule has 0 bridgehead atoms. The van der Waals surface area contributed by atoms with Crippen molar-refractivity contribution in [3.63, 3.8) is 0 Å². The molecule has 52 heavy (non-hydrogen) atoms. The lowest BCUT2D eigenvalue weighted by atomic mass is 10.3. The van der Waals surface area contributed by atoms with E-state index in [0.717, 1.165) is 43.9 Å². The maximum atomic E-state index is 10.8. The summed E-state index contributed by atoms with van der Waals surface area (Å²) in [5.41, 5.74) is 17.1. The van der Waals surface area contributed by atoms with Crippen LogP contribution < -0.4 is 22.1 Å². The van der Waals surface area contributed by atoms with Crippen molar-refractivity contribution in [1.82, 2.24) is 39.0 Å². The molecule has 0 amide bonds. The Balaban J connectivity index is 0.000000162. The van der Waals surface area contributed by atoms with Crippen LogP contribution in [-0.2, 0) is 0 Å². The second kappa shape index (κ2) is 14.1. The van der Waals surface area contributed by atoms with E-state index in [9.17, 15) is 10.1 Å². The van der Waals surface area contributed by atoms with Gasteiger partial charge >= 0.3 is 0 Å². The molecule has 6 N–H and O–H groups in total. The highest BCUT2D eigenvalue weighted by atomic mass is 79.9. The predicted octanol–water partition coefficient (Wildman–Crippen LogP) is 7.57. The Morgan fingerprint density at radius 3 is 1.48 bits per heavy atom.